The molecule has 1 aliphatic rings. The van der Waals surface area contributed by atoms with E-state index < -0.39 is 18.2 Å². The van der Waals surface area contributed by atoms with E-state index in [0.29, 0.717) is 13.2 Å². The van der Waals surface area contributed by atoms with Crippen LogP contribution in [0.1, 0.15) is 5.56 Å². The van der Waals surface area contributed by atoms with Crippen molar-refractivity contribution >= 4 is 12.1 Å². The van der Waals surface area contributed by atoms with E-state index in [1.54, 1.807) is 0 Å². The molecule has 0 saturated carbocycles. The molecule has 6 heteroatoms. The first-order valence-corrected chi connectivity index (χ1v) is 6.63. The van der Waals surface area contributed by atoms with Gasteiger partial charge in [-0.1, -0.05) is 30.3 Å². The zero-order chi connectivity index (χ0) is 15.1. The summed E-state index contributed by atoms with van der Waals surface area (Å²) >= 11 is 0. The van der Waals surface area contributed by atoms with E-state index in [-0.39, 0.29) is 13.2 Å². The fourth-order valence-electron chi connectivity index (χ4n) is 1.96. The lowest BCUT2D eigenvalue weighted by atomic mass is 10.2. The number of ether oxygens (including phenoxy) is 2. The third-order valence-electron chi connectivity index (χ3n) is 3.01. The van der Waals surface area contributed by atoms with E-state index in [1.807, 2.05) is 30.3 Å². The SMILES string of the molecule is O=C(O)C=C[C@@H]1CN(C(=O)OCc2ccccc2)CCO1. The van der Waals surface area contributed by atoms with Gasteiger partial charge in [0, 0.05) is 12.6 Å². The van der Waals surface area contributed by atoms with E-state index in [4.69, 9.17) is 14.6 Å². The molecule has 21 heavy (non-hydrogen) atoms. The lowest BCUT2D eigenvalue weighted by Gasteiger charge is -2.30. The molecule has 1 N–H and O–H groups in total. The molecule has 1 saturated heterocycles. The molecule has 1 aliphatic heterocycles. The lowest BCUT2D eigenvalue weighted by molar-refractivity contribution is -0.131. The molecular formula is C15H17NO5. The quantitative estimate of drug-likeness (QED) is 0.854. The van der Waals surface area contributed by atoms with E-state index in [0.717, 1.165) is 11.6 Å². The number of hydrogen-bond acceptors (Lipinski definition) is 4. The van der Waals surface area contributed by atoms with Gasteiger partial charge < -0.3 is 19.5 Å². The van der Waals surface area contributed by atoms with Crippen LogP contribution >= 0.6 is 0 Å². The normalized spacial score (nSPS) is 18.7. The molecular weight excluding hydrogens is 274 g/mol. The van der Waals surface area contributed by atoms with Crippen LogP contribution in [0.5, 0.6) is 0 Å². The van der Waals surface area contributed by atoms with Gasteiger partial charge in [0.05, 0.1) is 19.3 Å². The van der Waals surface area contributed by atoms with Crippen molar-refractivity contribution in [2.24, 2.45) is 0 Å². The number of carboxylic acid groups (broad SMARTS) is 1. The predicted molar refractivity (Wildman–Crippen MR) is 74.7 cm³/mol. The standard InChI is InChI=1S/C15H17NO5/c17-14(18)7-6-13-10-16(8-9-20-13)15(19)21-11-12-4-2-1-3-5-12/h1-7,13H,8-11H2,(H,17,18)/t13-/m1/s1. The van der Waals surface area contributed by atoms with Crippen LogP contribution < -0.4 is 0 Å². The number of morpholine rings is 1. The smallest absolute Gasteiger partial charge is 0.410 e. The number of aliphatic carboxylic acids is 1. The van der Waals surface area contributed by atoms with Crippen molar-refractivity contribution in [2.75, 3.05) is 19.7 Å². The summed E-state index contributed by atoms with van der Waals surface area (Å²) in [6.07, 6.45) is 1.61. The van der Waals surface area contributed by atoms with Gasteiger partial charge in [0.2, 0.25) is 0 Å². The average Bonchev–Trinajstić information content (AvgIpc) is 2.52. The Balaban J connectivity index is 1.83. The molecule has 6 nitrogen and oxygen atoms in total. The summed E-state index contributed by atoms with van der Waals surface area (Å²) in [6, 6.07) is 9.41. The van der Waals surface area contributed by atoms with Gasteiger partial charge in [0.1, 0.15) is 6.61 Å². The Labute approximate surface area is 122 Å². The van der Waals surface area contributed by atoms with Gasteiger partial charge in [0.15, 0.2) is 0 Å². The Hall–Kier alpha value is -2.34. The topological polar surface area (TPSA) is 76.1 Å². The summed E-state index contributed by atoms with van der Waals surface area (Å²) in [5.41, 5.74) is 0.918. The van der Waals surface area contributed by atoms with Crippen molar-refractivity contribution in [3.63, 3.8) is 0 Å². The molecule has 1 fully saturated rings. The summed E-state index contributed by atoms with van der Waals surface area (Å²) in [4.78, 5) is 23.9. The molecule has 0 spiro atoms. The summed E-state index contributed by atoms with van der Waals surface area (Å²) in [6.45, 7) is 1.30. The minimum absolute atomic E-state index is 0.215. The number of rotatable bonds is 4. The molecule has 1 atom stereocenters. The fraction of sp³-hybridized carbons (Fsp3) is 0.333. The zero-order valence-electron chi connectivity index (χ0n) is 11.5. The second-order valence-electron chi connectivity index (χ2n) is 4.59. The predicted octanol–water partition coefficient (Wildman–Crippen LogP) is 1.66. The number of hydrogen-bond donors (Lipinski definition) is 1. The van der Waals surface area contributed by atoms with Gasteiger partial charge in [-0.25, -0.2) is 9.59 Å². The maximum atomic E-state index is 12.0. The molecule has 0 radical (unpaired) electrons. The van der Waals surface area contributed by atoms with Crippen molar-refractivity contribution in [3.8, 4) is 0 Å². The Morgan fingerprint density at radius 3 is 2.86 bits per heavy atom. The van der Waals surface area contributed by atoms with Crippen molar-refractivity contribution in [1.29, 1.82) is 0 Å². The first kappa shape index (κ1) is 15.1. The maximum Gasteiger partial charge on any atom is 0.410 e. The van der Waals surface area contributed by atoms with Crippen LogP contribution in [0.15, 0.2) is 42.5 Å². The summed E-state index contributed by atoms with van der Waals surface area (Å²) in [5, 5.41) is 8.58. The number of carbonyl (C=O) groups excluding carboxylic acids is 1. The minimum Gasteiger partial charge on any atom is -0.478 e. The fourth-order valence-corrected chi connectivity index (χ4v) is 1.96. The molecule has 0 bridgehead atoms. The highest BCUT2D eigenvalue weighted by Gasteiger charge is 2.23. The highest BCUT2D eigenvalue weighted by atomic mass is 16.6. The van der Waals surface area contributed by atoms with Gasteiger partial charge in [-0.05, 0) is 11.6 Å². The minimum atomic E-state index is -1.04. The average molecular weight is 291 g/mol. The number of nitrogens with zero attached hydrogens (tertiary/aromatic N) is 1. The Morgan fingerprint density at radius 1 is 1.38 bits per heavy atom. The first-order valence-electron chi connectivity index (χ1n) is 6.63. The maximum absolute atomic E-state index is 12.0. The van der Waals surface area contributed by atoms with Crippen LogP contribution in [0.2, 0.25) is 0 Å². The molecule has 0 unspecified atom stereocenters. The molecule has 2 rings (SSSR count). The summed E-state index contributed by atoms with van der Waals surface area (Å²) in [5.74, 6) is -1.04. The van der Waals surface area contributed by atoms with E-state index in [9.17, 15) is 9.59 Å². The third-order valence-corrected chi connectivity index (χ3v) is 3.01. The largest absolute Gasteiger partial charge is 0.478 e. The number of carbonyl (C=O) groups is 2. The van der Waals surface area contributed by atoms with E-state index in [1.165, 1.54) is 11.0 Å². The van der Waals surface area contributed by atoms with Crippen molar-refractivity contribution in [1.82, 2.24) is 4.90 Å². The van der Waals surface area contributed by atoms with E-state index in [2.05, 4.69) is 0 Å². The van der Waals surface area contributed by atoms with Gasteiger partial charge in [-0.2, -0.15) is 0 Å². The van der Waals surface area contributed by atoms with Crippen LogP contribution in [0.25, 0.3) is 0 Å². The molecule has 112 valence electrons. The monoisotopic (exact) mass is 291 g/mol. The van der Waals surface area contributed by atoms with E-state index >= 15 is 0 Å². The summed E-state index contributed by atoms with van der Waals surface area (Å²) < 4.78 is 10.6. The van der Waals surface area contributed by atoms with Crippen LogP contribution in [0.4, 0.5) is 4.79 Å². The summed E-state index contributed by atoms with van der Waals surface area (Å²) in [7, 11) is 0. The van der Waals surface area contributed by atoms with Gasteiger partial charge >= 0.3 is 12.1 Å². The Bertz CT molecular complexity index is 514. The van der Waals surface area contributed by atoms with Crippen molar-refractivity contribution < 1.29 is 24.2 Å². The molecule has 1 aromatic carbocycles. The van der Waals surface area contributed by atoms with Crippen molar-refractivity contribution in [2.45, 2.75) is 12.7 Å². The zero-order valence-corrected chi connectivity index (χ0v) is 11.5. The molecule has 1 aromatic rings. The lowest BCUT2D eigenvalue weighted by Crippen LogP contribution is -2.45. The van der Waals surface area contributed by atoms with Crippen LogP contribution in [-0.4, -0.2) is 47.9 Å². The number of benzene rings is 1. The van der Waals surface area contributed by atoms with Crippen LogP contribution in [0.3, 0.4) is 0 Å². The van der Waals surface area contributed by atoms with Gasteiger partial charge in [-0.3, -0.25) is 0 Å². The van der Waals surface area contributed by atoms with Crippen LogP contribution in [-0.2, 0) is 20.9 Å². The highest BCUT2D eigenvalue weighted by molar-refractivity contribution is 5.79. The molecule has 1 amide bonds. The molecule has 0 aromatic heterocycles. The second kappa shape index (κ2) is 7.44. The first-order chi connectivity index (χ1) is 10.1. The number of carboxylic acids is 1. The molecule has 0 aliphatic carbocycles. The third kappa shape index (κ3) is 4.92. The number of amides is 1. The second-order valence-corrected chi connectivity index (χ2v) is 4.59. The van der Waals surface area contributed by atoms with Crippen LogP contribution in [0, 0.1) is 0 Å². The molecule has 1 heterocycles. The Kier molecular flexibility index (Phi) is 5.34. The van der Waals surface area contributed by atoms with Gasteiger partial charge in [-0.15, -0.1) is 0 Å². The Morgan fingerprint density at radius 2 is 2.14 bits per heavy atom. The highest BCUT2D eigenvalue weighted by Crippen LogP contribution is 2.09. The van der Waals surface area contributed by atoms with Crippen molar-refractivity contribution in [3.05, 3.63) is 48.0 Å². The van der Waals surface area contributed by atoms with Gasteiger partial charge in [0.25, 0.3) is 0 Å².